The monoisotopic (exact) mass is 286 g/mol. The highest BCUT2D eigenvalue weighted by Gasteiger charge is 2.33. The second-order valence-electron chi connectivity index (χ2n) is 6.57. The fourth-order valence-corrected chi connectivity index (χ4v) is 3.70. The molecule has 1 aliphatic carbocycles. The second-order valence-corrected chi connectivity index (χ2v) is 7.85. The van der Waals surface area contributed by atoms with E-state index < -0.39 is 0 Å². The summed E-state index contributed by atoms with van der Waals surface area (Å²) in [4.78, 5) is 12.0. The van der Waals surface area contributed by atoms with Crippen LogP contribution >= 0.6 is 11.8 Å². The van der Waals surface area contributed by atoms with Crippen LogP contribution in [0.2, 0.25) is 0 Å². The van der Waals surface area contributed by atoms with E-state index in [1.165, 1.54) is 25.7 Å². The van der Waals surface area contributed by atoms with Crippen molar-refractivity contribution in [3.05, 3.63) is 0 Å². The van der Waals surface area contributed by atoms with Crippen molar-refractivity contribution >= 4 is 17.7 Å². The third kappa shape index (κ3) is 5.74. The number of carbonyl (C=O) groups is 1. The smallest absolute Gasteiger partial charge is 0.220 e. The van der Waals surface area contributed by atoms with Crippen molar-refractivity contribution < 1.29 is 4.79 Å². The van der Waals surface area contributed by atoms with Crippen LogP contribution in [-0.4, -0.2) is 30.0 Å². The summed E-state index contributed by atoms with van der Waals surface area (Å²) in [5.74, 6) is 0.199. The average Bonchev–Trinajstić information content (AvgIpc) is 2.83. The molecule has 112 valence electrons. The third-order valence-electron chi connectivity index (χ3n) is 4.41. The molecule has 1 rings (SSSR count). The van der Waals surface area contributed by atoms with Gasteiger partial charge in [0.2, 0.25) is 5.91 Å². The zero-order chi connectivity index (χ0) is 14.4. The van der Waals surface area contributed by atoms with Gasteiger partial charge in [0.25, 0.3) is 0 Å². The van der Waals surface area contributed by atoms with E-state index in [1.54, 1.807) is 0 Å². The Morgan fingerprint density at radius 2 is 1.95 bits per heavy atom. The molecule has 0 aromatic heterocycles. The standard InChI is InChI=1S/C15H30N2OS/c1-14(2,10-11-16)9-6-13(18)17-12-15(19-3)7-4-5-8-15/h4-12,16H2,1-3H3,(H,17,18). The van der Waals surface area contributed by atoms with Crippen LogP contribution in [0.4, 0.5) is 0 Å². The first kappa shape index (κ1) is 16.8. The fourth-order valence-electron chi connectivity index (χ4n) is 2.79. The maximum Gasteiger partial charge on any atom is 0.220 e. The minimum atomic E-state index is 0.177. The van der Waals surface area contributed by atoms with Crippen molar-refractivity contribution in [2.24, 2.45) is 11.1 Å². The summed E-state index contributed by atoms with van der Waals surface area (Å²) in [6.07, 6.45) is 9.79. The van der Waals surface area contributed by atoms with E-state index in [4.69, 9.17) is 5.73 Å². The molecule has 0 saturated heterocycles. The Kier molecular flexibility index (Phi) is 6.67. The molecule has 1 amide bonds. The van der Waals surface area contributed by atoms with E-state index in [2.05, 4.69) is 25.4 Å². The molecule has 0 aliphatic heterocycles. The molecule has 1 fully saturated rings. The number of rotatable bonds is 8. The van der Waals surface area contributed by atoms with Crippen LogP contribution in [0.1, 0.15) is 58.8 Å². The van der Waals surface area contributed by atoms with Crippen LogP contribution in [-0.2, 0) is 4.79 Å². The van der Waals surface area contributed by atoms with Gasteiger partial charge in [0.15, 0.2) is 0 Å². The average molecular weight is 286 g/mol. The minimum absolute atomic E-state index is 0.177. The largest absolute Gasteiger partial charge is 0.355 e. The molecule has 0 unspecified atom stereocenters. The van der Waals surface area contributed by atoms with Gasteiger partial charge in [-0.1, -0.05) is 26.7 Å². The molecule has 0 aromatic rings. The lowest BCUT2D eigenvalue weighted by Crippen LogP contribution is -2.38. The highest BCUT2D eigenvalue weighted by Crippen LogP contribution is 2.39. The SMILES string of the molecule is CSC1(CNC(=O)CCC(C)(C)CCN)CCCC1. The first-order chi connectivity index (χ1) is 8.93. The minimum Gasteiger partial charge on any atom is -0.355 e. The molecule has 0 atom stereocenters. The topological polar surface area (TPSA) is 55.1 Å². The Morgan fingerprint density at radius 1 is 1.32 bits per heavy atom. The van der Waals surface area contributed by atoms with Crippen molar-refractivity contribution in [1.82, 2.24) is 5.32 Å². The number of thioether (sulfide) groups is 1. The first-order valence-corrected chi connectivity index (χ1v) is 8.67. The Labute approximate surface area is 122 Å². The molecule has 0 bridgehead atoms. The predicted molar refractivity (Wildman–Crippen MR) is 84.4 cm³/mol. The summed E-state index contributed by atoms with van der Waals surface area (Å²) in [5, 5.41) is 3.14. The molecule has 4 heteroatoms. The van der Waals surface area contributed by atoms with Crippen molar-refractivity contribution in [3.63, 3.8) is 0 Å². The van der Waals surface area contributed by atoms with Crippen molar-refractivity contribution in [1.29, 1.82) is 0 Å². The van der Waals surface area contributed by atoms with Gasteiger partial charge in [-0.15, -0.1) is 0 Å². The molecule has 1 aliphatic rings. The molecule has 3 N–H and O–H groups in total. The van der Waals surface area contributed by atoms with Crippen molar-refractivity contribution in [2.45, 2.75) is 63.5 Å². The van der Waals surface area contributed by atoms with Crippen LogP contribution in [0, 0.1) is 5.41 Å². The lowest BCUT2D eigenvalue weighted by Gasteiger charge is -2.27. The van der Waals surface area contributed by atoms with Gasteiger partial charge >= 0.3 is 0 Å². The summed E-state index contributed by atoms with van der Waals surface area (Å²) in [5.41, 5.74) is 5.77. The Morgan fingerprint density at radius 3 is 2.47 bits per heavy atom. The maximum atomic E-state index is 12.0. The number of nitrogens with one attached hydrogen (secondary N) is 1. The molecular weight excluding hydrogens is 256 g/mol. The number of amides is 1. The Bertz CT molecular complexity index is 286. The highest BCUT2D eigenvalue weighted by molar-refractivity contribution is 8.00. The lowest BCUT2D eigenvalue weighted by atomic mass is 9.84. The number of nitrogens with two attached hydrogens (primary N) is 1. The van der Waals surface area contributed by atoms with Gasteiger partial charge in [0.05, 0.1) is 0 Å². The van der Waals surface area contributed by atoms with E-state index in [0.29, 0.717) is 17.7 Å². The zero-order valence-corrected chi connectivity index (χ0v) is 13.6. The molecule has 19 heavy (non-hydrogen) atoms. The first-order valence-electron chi connectivity index (χ1n) is 7.45. The maximum absolute atomic E-state index is 12.0. The summed E-state index contributed by atoms with van der Waals surface area (Å²) in [6.45, 7) is 5.91. The quantitative estimate of drug-likeness (QED) is 0.721. The zero-order valence-electron chi connectivity index (χ0n) is 12.8. The van der Waals surface area contributed by atoms with E-state index in [9.17, 15) is 4.79 Å². The molecule has 0 heterocycles. The summed E-state index contributed by atoms with van der Waals surface area (Å²) in [7, 11) is 0. The summed E-state index contributed by atoms with van der Waals surface area (Å²) >= 11 is 1.92. The molecular formula is C15H30N2OS. The van der Waals surface area contributed by atoms with Gasteiger partial charge in [0, 0.05) is 17.7 Å². The molecule has 1 saturated carbocycles. The highest BCUT2D eigenvalue weighted by atomic mass is 32.2. The third-order valence-corrected chi connectivity index (χ3v) is 5.82. The van der Waals surface area contributed by atoms with Gasteiger partial charge < -0.3 is 11.1 Å². The molecule has 3 nitrogen and oxygen atoms in total. The summed E-state index contributed by atoms with van der Waals surface area (Å²) < 4.78 is 0.308. The molecule has 0 spiro atoms. The van der Waals surface area contributed by atoms with Crippen LogP contribution in [0.15, 0.2) is 0 Å². The van der Waals surface area contributed by atoms with Gasteiger partial charge in [0.1, 0.15) is 0 Å². The van der Waals surface area contributed by atoms with Crippen molar-refractivity contribution in [3.8, 4) is 0 Å². The fraction of sp³-hybridized carbons (Fsp3) is 0.933. The lowest BCUT2D eigenvalue weighted by molar-refractivity contribution is -0.121. The molecule has 0 radical (unpaired) electrons. The van der Waals surface area contributed by atoms with E-state index in [-0.39, 0.29) is 11.3 Å². The predicted octanol–water partition coefficient (Wildman–Crippen LogP) is 2.93. The van der Waals surface area contributed by atoms with Gasteiger partial charge in [-0.2, -0.15) is 11.8 Å². The van der Waals surface area contributed by atoms with E-state index in [0.717, 1.165) is 19.4 Å². The second kappa shape index (κ2) is 7.53. The van der Waals surface area contributed by atoms with Crippen LogP contribution < -0.4 is 11.1 Å². The number of carbonyl (C=O) groups excluding carboxylic acids is 1. The number of hydrogen-bond donors (Lipinski definition) is 2. The molecule has 0 aromatic carbocycles. The Balaban J connectivity index is 2.28. The number of hydrogen-bond acceptors (Lipinski definition) is 3. The Hall–Kier alpha value is -0.220. The van der Waals surface area contributed by atoms with E-state index >= 15 is 0 Å². The normalized spacial score (nSPS) is 18.5. The van der Waals surface area contributed by atoms with Crippen LogP contribution in [0.25, 0.3) is 0 Å². The summed E-state index contributed by atoms with van der Waals surface area (Å²) in [6, 6.07) is 0. The van der Waals surface area contributed by atoms with Gasteiger partial charge in [-0.3, -0.25) is 4.79 Å². The van der Waals surface area contributed by atoms with Gasteiger partial charge in [-0.05, 0) is 43.9 Å². The van der Waals surface area contributed by atoms with E-state index in [1.807, 2.05) is 11.8 Å². The van der Waals surface area contributed by atoms with Crippen molar-refractivity contribution in [2.75, 3.05) is 19.3 Å². The van der Waals surface area contributed by atoms with Crippen LogP contribution in [0.3, 0.4) is 0 Å². The van der Waals surface area contributed by atoms with Gasteiger partial charge in [-0.25, -0.2) is 0 Å². The van der Waals surface area contributed by atoms with Crippen LogP contribution in [0.5, 0.6) is 0 Å².